The SMILES string of the molecule is O=C1Cc2ccc(cc2)CC(=O)Cc2cc(-c3cncnc3)c(cc2-c2cncnc2)C1. The summed E-state index contributed by atoms with van der Waals surface area (Å²) in [5.41, 5.74) is 7.00. The molecule has 4 aliphatic rings. The second kappa shape index (κ2) is 8.59. The smallest absolute Gasteiger partial charge is 0.141 e. The minimum atomic E-state index is 0.118. The first-order valence-corrected chi connectivity index (χ1v) is 10.4. The minimum Gasteiger partial charge on any atom is -0.299 e. The van der Waals surface area contributed by atoms with Gasteiger partial charge < -0.3 is 0 Å². The molecule has 0 amide bonds. The van der Waals surface area contributed by atoms with Crippen LogP contribution in [0.2, 0.25) is 0 Å². The van der Waals surface area contributed by atoms with Crippen LogP contribution in [0.4, 0.5) is 0 Å². The Morgan fingerprint density at radius 1 is 0.531 bits per heavy atom. The van der Waals surface area contributed by atoms with Crippen LogP contribution in [-0.4, -0.2) is 31.5 Å². The van der Waals surface area contributed by atoms with E-state index in [1.165, 1.54) is 12.7 Å². The first-order chi connectivity index (χ1) is 15.7. The van der Waals surface area contributed by atoms with Crippen molar-refractivity contribution >= 4 is 11.6 Å². The zero-order chi connectivity index (χ0) is 21.9. The fraction of sp³-hybridized carbons (Fsp3) is 0.154. The van der Waals surface area contributed by atoms with Crippen molar-refractivity contribution in [3.63, 3.8) is 0 Å². The van der Waals surface area contributed by atoms with Crippen LogP contribution < -0.4 is 0 Å². The quantitative estimate of drug-likeness (QED) is 0.492. The minimum absolute atomic E-state index is 0.118. The lowest BCUT2D eigenvalue weighted by molar-refractivity contribution is -0.118. The van der Waals surface area contributed by atoms with Gasteiger partial charge in [-0.2, -0.15) is 0 Å². The maximum absolute atomic E-state index is 13.0. The lowest BCUT2D eigenvalue weighted by Crippen LogP contribution is -2.12. The summed E-state index contributed by atoms with van der Waals surface area (Å²) in [5.74, 6) is 0.235. The van der Waals surface area contributed by atoms with Crippen molar-refractivity contribution in [3.05, 3.63) is 96.1 Å². The molecule has 0 fully saturated rings. The van der Waals surface area contributed by atoms with Crippen molar-refractivity contribution < 1.29 is 9.59 Å². The van der Waals surface area contributed by atoms with Crippen LogP contribution in [0, 0.1) is 0 Å². The molecular weight excluding hydrogens is 400 g/mol. The third-order valence-corrected chi connectivity index (χ3v) is 5.67. The van der Waals surface area contributed by atoms with Crippen LogP contribution in [-0.2, 0) is 35.3 Å². The van der Waals surface area contributed by atoms with Crippen LogP contribution >= 0.6 is 0 Å². The van der Waals surface area contributed by atoms with Gasteiger partial charge in [0, 0.05) is 61.6 Å². The standard InChI is InChI=1S/C26H20N4O2/c31-23-5-17-1-2-18(4-3-17)6-24(32)8-20-10-25(21-11-27-15-28-12-21)19(7-23)9-26(20)22-13-29-16-30-14-22/h1-4,9-16H,5-8H2. The zero-order valence-corrected chi connectivity index (χ0v) is 17.4. The van der Waals surface area contributed by atoms with E-state index < -0.39 is 0 Å². The van der Waals surface area contributed by atoms with E-state index in [4.69, 9.17) is 0 Å². The summed E-state index contributed by atoms with van der Waals surface area (Å²) in [6, 6.07) is 11.7. The number of hydrogen-bond acceptors (Lipinski definition) is 6. The van der Waals surface area contributed by atoms with Crippen molar-refractivity contribution in [2.75, 3.05) is 0 Å². The third-order valence-electron chi connectivity index (χ3n) is 5.67. The Morgan fingerprint density at radius 2 is 0.906 bits per heavy atom. The molecule has 0 atom stereocenters. The molecule has 4 bridgehead atoms. The van der Waals surface area contributed by atoms with E-state index in [9.17, 15) is 9.59 Å². The fourth-order valence-electron chi connectivity index (χ4n) is 4.18. The maximum atomic E-state index is 13.0. The Kier molecular flexibility index (Phi) is 5.34. The van der Waals surface area contributed by atoms with Crippen molar-refractivity contribution in [2.24, 2.45) is 0 Å². The molecule has 0 spiro atoms. The van der Waals surface area contributed by atoms with Crippen LogP contribution in [0.3, 0.4) is 0 Å². The number of carbonyl (C=O) groups excluding carboxylic acids is 2. The van der Waals surface area contributed by atoms with Gasteiger partial charge in [0.2, 0.25) is 0 Å². The van der Waals surface area contributed by atoms with Crippen molar-refractivity contribution in [1.82, 2.24) is 19.9 Å². The molecule has 156 valence electrons. The first kappa shape index (κ1) is 19.9. The van der Waals surface area contributed by atoms with Gasteiger partial charge in [-0.05, 0) is 45.5 Å². The topological polar surface area (TPSA) is 85.7 Å². The molecule has 0 aliphatic heterocycles. The van der Waals surface area contributed by atoms with Crippen molar-refractivity contribution in [3.8, 4) is 22.3 Å². The Balaban J connectivity index is 1.71. The second-order valence-electron chi connectivity index (χ2n) is 8.02. The molecule has 6 heteroatoms. The molecule has 0 N–H and O–H groups in total. The molecular formula is C26H20N4O2. The Labute approximate surface area is 185 Å². The maximum Gasteiger partial charge on any atom is 0.141 e. The van der Waals surface area contributed by atoms with E-state index >= 15 is 0 Å². The van der Waals surface area contributed by atoms with Gasteiger partial charge in [0.05, 0.1) is 0 Å². The van der Waals surface area contributed by atoms with E-state index in [1.54, 1.807) is 24.8 Å². The molecule has 2 aromatic heterocycles. The molecule has 2 aromatic carbocycles. The summed E-state index contributed by atoms with van der Waals surface area (Å²) >= 11 is 0. The van der Waals surface area contributed by atoms with E-state index in [0.717, 1.165) is 44.5 Å². The van der Waals surface area contributed by atoms with Crippen LogP contribution in [0.5, 0.6) is 0 Å². The van der Waals surface area contributed by atoms with E-state index in [1.807, 2.05) is 36.4 Å². The lowest BCUT2D eigenvalue weighted by Gasteiger charge is -2.17. The molecule has 8 rings (SSSR count). The third kappa shape index (κ3) is 4.21. The number of rotatable bonds is 2. The van der Waals surface area contributed by atoms with Crippen LogP contribution in [0.25, 0.3) is 22.3 Å². The largest absolute Gasteiger partial charge is 0.299 e. The predicted molar refractivity (Wildman–Crippen MR) is 120 cm³/mol. The summed E-state index contributed by atoms with van der Waals surface area (Å²) in [6.07, 6.45) is 11.1. The summed E-state index contributed by atoms with van der Waals surface area (Å²) < 4.78 is 0. The Morgan fingerprint density at radius 3 is 1.28 bits per heavy atom. The Bertz CT molecular complexity index is 1180. The number of hydrogen-bond donors (Lipinski definition) is 0. The molecule has 2 heterocycles. The van der Waals surface area contributed by atoms with E-state index in [-0.39, 0.29) is 24.4 Å². The molecule has 4 aliphatic carbocycles. The normalized spacial score (nSPS) is 13.9. The highest BCUT2D eigenvalue weighted by Gasteiger charge is 2.19. The van der Waals surface area contributed by atoms with E-state index in [2.05, 4.69) is 19.9 Å². The lowest BCUT2D eigenvalue weighted by atomic mass is 9.87. The predicted octanol–water partition coefficient (Wildman–Crippen LogP) is 3.62. The summed E-state index contributed by atoms with van der Waals surface area (Å²) in [5, 5.41) is 0. The van der Waals surface area contributed by atoms with Gasteiger partial charge in [-0.25, -0.2) is 19.9 Å². The fourth-order valence-corrected chi connectivity index (χ4v) is 4.18. The number of benzene rings is 2. The molecule has 4 aromatic rings. The number of Topliss-reactive ketones (excluding diaryl/α,β-unsaturated/α-hetero) is 2. The van der Waals surface area contributed by atoms with Crippen LogP contribution in [0.15, 0.2) is 73.8 Å². The molecule has 0 radical (unpaired) electrons. The van der Waals surface area contributed by atoms with E-state index in [0.29, 0.717) is 12.8 Å². The van der Waals surface area contributed by atoms with Crippen molar-refractivity contribution in [2.45, 2.75) is 25.7 Å². The number of aromatic nitrogens is 4. The highest BCUT2D eigenvalue weighted by atomic mass is 16.1. The molecule has 0 unspecified atom stereocenters. The van der Waals surface area contributed by atoms with Gasteiger partial charge in [0.1, 0.15) is 24.2 Å². The first-order valence-electron chi connectivity index (χ1n) is 10.4. The zero-order valence-electron chi connectivity index (χ0n) is 17.4. The number of carbonyl (C=O) groups is 2. The monoisotopic (exact) mass is 420 g/mol. The second-order valence-corrected chi connectivity index (χ2v) is 8.02. The average molecular weight is 420 g/mol. The molecule has 0 saturated heterocycles. The average Bonchev–Trinajstić information content (AvgIpc) is 2.82. The number of nitrogens with zero attached hydrogens (tertiary/aromatic N) is 4. The van der Waals surface area contributed by atoms with Gasteiger partial charge >= 0.3 is 0 Å². The molecule has 0 saturated carbocycles. The highest BCUT2D eigenvalue weighted by molar-refractivity contribution is 5.90. The summed E-state index contributed by atoms with van der Waals surface area (Å²) in [7, 11) is 0. The van der Waals surface area contributed by atoms with Crippen molar-refractivity contribution in [1.29, 1.82) is 0 Å². The van der Waals surface area contributed by atoms with Gasteiger partial charge in [0.15, 0.2) is 0 Å². The molecule has 6 nitrogen and oxygen atoms in total. The Hall–Kier alpha value is -4.06. The highest BCUT2D eigenvalue weighted by Crippen LogP contribution is 2.33. The van der Waals surface area contributed by atoms with Gasteiger partial charge in [-0.3, -0.25) is 9.59 Å². The van der Waals surface area contributed by atoms with Gasteiger partial charge in [0.25, 0.3) is 0 Å². The van der Waals surface area contributed by atoms with Gasteiger partial charge in [-0.15, -0.1) is 0 Å². The van der Waals surface area contributed by atoms with Crippen LogP contribution in [0.1, 0.15) is 22.3 Å². The molecule has 32 heavy (non-hydrogen) atoms. The van der Waals surface area contributed by atoms with Gasteiger partial charge in [-0.1, -0.05) is 24.3 Å². The summed E-state index contributed by atoms with van der Waals surface area (Å²) in [6.45, 7) is 0. The number of ketones is 2. The summed E-state index contributed by atoms with van der Waals surface area (Å²) in [4.78, 5) is 42.6.